The van der Waals surface area contributed by atoms with Crippen LogP contribution in [0.15, 0.2) is 15.7 Å². The fourth-order valence-corrected chi connectivity index (χ4v) is 2.56. The minimum absolute atomic E-state index is 0.245. The van der Waals surface area contributed by atoms with Gasteiger partial charge in [0.1, 0.15) is 0 Å². The molecule has 0 saturated carbocycles. The maximum absolute atomic E-state index is 11.8. The number of nitrogens with zero attached hydrogens (tertiary/aromatic N) is 3. The van der Waals surface area contributed by atoms with Crippen LogP contribution >= 0.6 is 0 Å². The van der Waals surface area contributed by atoms with E-state index in [1.807, 2.05) is 7.05 Å². The highest BCUT2D eigenvalue weighted by molar-refractivity contribution is 5.02. The minimum Gasteiger partial charge on any atom is -0.313 e. The van der Waals surface area contributed by atoms with Gasteiger partial charge in [-0.3, -0.25) is 18.8 Å². The molecule has 2 heterocycles. The summed E-state index contributed by atoms with van der Waals surface area (Å²) >= 11 is 0. The molecule has 0 aromatic carbocycles. The summed E-state index contributed by atoms with van der Waals surface area (Å²) in [5.41, 5.74) is 0.244. The SMILES string of the molecule is CN(Cc1cc(=O)n(C)c(=O)n1C)CC1CCCN1. The minimum atomic E-state index is -0.269. The van der Waals surface area contributed by atoms with Gasteiger partial charge in [0.05, 0.1) is 0 Å². The Hall–Kier alpha value is -1.40. The van der Waals surface area contributed by atoms with Crippen LogP contribution in [-0.2, 0) is 20.6 Å². The summed E-state index contributed by atoms with van der Waals surface area (Å²) in [6.07, 6.45) is 2.42. The van der Waals surface area contributed by atoms with Crippen LogP contribution in [0.1, 0.15) is 18.5 Å². The maximum Gasteiger partial charge on any atom is 0.330 e. The third-order valence-electron chi connectivity index (χ3n) is 3.75. The van der Waals surface area contributed by atoms with Crippen LogP contribution in [0.3, 0.4) is 0 Å². The molecule has 1 aromatic rings. The van der Waals surface area contributed by atoms with Crippen molar-refractivity contribution < 1.29 is 0 Å². The molecular weight excluding hydrogens is 244 g/mol. The summed E-state index contributed by atoms with van der Waals surface area (Å²) in [4.78, 5) is 25.6. The van der Waals surface area contributed by atoms with Crippen LogP contribution in [0.5, 0.6) is 0 Å². The van der Waals surface area contributed by atoms with Gasteiger partial charge in [-0.25, -0.2) is 4.79 Å². The molecule has 19 heavy (non-hydrogen) atoms. The molecule has 106 valence electrons. The van der Waals surface area contributed by atoms with E-state index in [2.05, 4.69) is 10.2 Å². The molecule has 1 aromatic heterocycles. The monoisotopic (exact) mass is 266 g/mol. The van der Waals surface area contributed by atoms with Gasteiger partial charge in [-0.1, -0.05) is 0 Å². The van der Waals surface area contributed by atoms with Crippen LogP contribution < -0.4 is 16.6 Å². The predicted molar refractivity (Wildman–Crippen MR) is 74.3 cm³/mol. The Bertz CT molecular complexity index is 555. The lowest BCUT2D eigenvalue weighted by Gasteiger charge is -2.22. The molecule has 0 spiro atoms. The zero-order chi connectivity index (χ0) is 14.0. The summed E-state index contributed by atoms with van der Waals surface area (Å²) in [5.74, 6) is 0. The van der Waals surface area contributed by atoms with Gasteiger partial charge in [0.15, 0.2) is 0 Å². The first-order chi connectivity index (χ1) is 8.99. The number of aromatic nitrogens is 2. The fourth-order valence-electron chi connectivity index (χ4n) is 2.56. The Kier molecular flexibility index (Phi) is 4.21. The van der Waals surface area contributed by atoms with E-state index in [0.29, 0.717) is 12.6 Å². The van der Waals surface area contributed by atoms with E-state index in [9.17, 15) is 9.59 Å². The lowest BCUT2D eigenvalue weighted by Crippen LogP contribution is -2.40. The Labute approximate surface area is 112 Å². The third-order valence-corrected chi connectivity index (χ3v) is 3.75. The summed E-state index contributed by atoms with van der Waals surface area (Å²) < 4.78 is 2.67. The van der Waals surface area contributed by atoms with E-state index >= 15 is 0 Å². The second-order valence-corrected chi connectivity index (χ2v) is 5.36. The summed E-state index contributed by atoms with van der Waals surface area (Å²) in [6.45, 7) is 2.63. The van der Waals surface area contributed by atoms with Crippen LogP contribution in [0.2, 0.25) is 0 Å². The molecule has 0 aliphatic carbocycles. The molecule has 1 aliphatic rings. The second kappa shape index (κ2) is 5.71. The lowest BCUT2D eigenvalue weighted by atomic mass is 10.2. The largest absolute Gasteiger partial charge is 0.330 e. The van der Waals surface area contributed by atoms with Gasteiger partial charge in [0, 0.05) is 45.0 Å². The average Bonchev–Trinajstić information content (AvgIpc) is 2.86. The standard InChI is InChI=1S/C13H22N4O2/c1-15(8-10-5-4-6-14-10)9-11-7-12(18)17(3)13(19)16(11)2/h7,10,14H,4-6,8-9H2,1-3H3. The van der Waals surface area contributed by atoms with Crippen molar-refractivity contribution in [3.8, 4) is 0 Å². The number of nitrogens with one attached hydrogen (secondary N) is 1. The molecule has 1 atom stereocenters. The number of hydrogen-bond acceptors (Lipinski definition) is 4. The molecule has 6 heteroatoms. The van der Waals surface area contributed by atoms with Crippen molar-refractivity contribution in [2.75, 3.05) is 20.1 Å². The fraction of sp³-hybridized carbons (Fsp3) is 0.692. The van der Waals surface area contributed by atoms with Gasteiger partial charge in [-0.05, 0) is 26.4 Å². The molecule has 0 bridgehead atoms. The van der Waals surface area contributed by atoms with Crippen molar-refractivity contribution >= 4 is 0 Å². The molecule has 1 saturated heterocycles. The molecule has 1 fully saturated rings. The summed E-state index contributed by atoms with van der Waals surface area (Å²) in [6, 6.07) is 2.06. The molecule has 2 rings (SSSR count). The van der Waals surface area contributed by atoms with Crippen molar-refractivity contribution in [3.05, 3.63) is 32.6 Å². The second-order valence-electron chi connectivity index (χ2n) is 5.36. The normalized spacial score (nSPS) is 19.3. The Morgan fingerprint density at radius 1 is 1.37 bits per heavy atom. The smallest absolute Gasteiger partial charge is 0.313 e. The van der Waals surface area contributed by atoms with Gasteiger partial charge >= 0.3 is 5.69 Å². The Morgan fingerprint density at radius 3 is 2.74 bits per heavy atom. The molecule has 0 radical (unpaired) electrons. The van der Waals surface area contributed by atoms with Crippen molar-refractivity contribution in [2.45, 2.75) is 25.4 Å². The van der Waals surface area contributed by atoms with Gasteiger partial charge < -0.3 is 5.32 Å². The topological polar surface area (TPSA) is 59.3 Å². The van der Waals surface area contributed by atoms with Crippen molar-refractivity contribution in [1.82, 2.24) is 19.4 Å². The highest BCUT2D eigenvalue weighted by Crippen LogP contribution is 2.07. The molecule has 1 N–H and O–H groups in total. The quantitative estimate of drug-likeness (QED) is 0.780. The van der Waals surface area contributed by atoms with Crippen LogP contribution in [0.25, 0.3) is 0 Å². The average molecular weight is 266 g/mol. The van der Waals surface area contributed by atoms with Crippen LogP contribution in [-0.4, -0.2) is 40.2 Å². The molecule has 1 unspecified atom stereocenters. The molecule has 0 amide bonds. The van der Waals surface area contributed by atoms with Gasteiger partial charge in [-0.2, -0.15) is 0 Å². The van der Waals surface area contributed by atoms with Gasteiger partial charge in [0.25, 0.3) is 5.56 Å². The van der Waals surface area contributed by atoms with E-state index in [-0.39, 0.29) is 11.2 Å². The number of likely N-dealkylation sites (N-methyl/N-ethyl adjacent to an activating group) is 1. The zero-order valence-corrected chi connectivity index (χ0v) is 11.8. The summed E-state index contributed by atoms with van der Waals surface area (Å²) in [5, 5.41) is 3.44. The van der Waals surface area contributed by atoms with Gasteiger partial charge in [-0.15, -0.1) is 0 Å². The number of rotatable bonds is 4. The lowest BCUT2D eigenvalue weighted by molar-refractivity contribution is 0.285. The predicted octanol–water partition coefficient (Wildman–Crippen LogP) is -0.732. The van der Waals surface area contributed by atoms with Crippen LogP contribution in [0, 0.1) is 0 Å². The van der Waals surface area contributed by atoms with E-state index in [1.165, 1.54) is 19.9 Å². The van der Waals surface area contributed by atoms with E-state index in [4.69, 9.17) is 0 Å². The Balaban J connectivity index is 2.10. The molecule has 1 aliphatic heterocycles. The molecule has 6 nitrogen and oxygen atoms in total. The summed E-state index contributed by atoms with van der Waals surface area (Å²) in [7, 11) is 5.22. The third kappa shape index (κ3) is 3.13. The molecular formula is C13H22N4O2. The van der Waals surface area contributed by atoms with Crippen LogP contribution in [0.4, 0.5) is 0 Å². The van der Waals surface area contributed by atoms with E-state index in [0.717, 1.165) is 23.4 Å². The first-order valence-electron chi connectivity index (χ1n) is 6.67. The first kappa shape index (κ1) is 14.0. The zero-order valence-electron chi connectivity index (χ0n) is 11.8. The van der Waals surface area contributed by atoms with Crippen molar-refractivity contribution in [2.24, 2.45) is 14.1 Å². The highest BCUT2D eigenvalue weighted by atomic mass is 16.2. The first-order valence-corrected chi connectivity index (χ1v) is 6.67. The maximum atomic E-state index is 11.8. The van der Waals surface area contributed by atoms with E-state index < -0.39 is 0 Å². The Morgan fingerprint density at radius 2 is 2.11 bits per heavy atom. The van der Waals surface area contributed by atoms with Crippen molar-refractivity contribution in [3.63, 3.8) is 0 Å². The van der Waals surface area contributed by atoms with E-state index in [1.54, 1.807) is 17.7 Å². The highest BCUT2D eigenvalue weighted by Gasteiger charge is 2.16. The van der Waals surface area contributed by atoms with Crippen molar-refractivity contribution in [1.29, 1.82) is 0 Å². The van der Waals surface area contributed by atoms with Gasteiger partial charge in [0.2, 0.25) is 0 Å². The number of hydrogen-bond donors (Lipinski definition) is 1.